The van der Waals surface area contributed by atoms with Gasteiger partial charge in [0.15, 0.2) is 0 Å². The first-order chi connectivity index (χ1) is 11.7. The van der Waals surface area contributed by atoms with Crippen molar-refractivity contribution in [2.24, 2.45) is 0 Å². The summed E-state index contributed by atoms with van der Waals surface area (Å²) in [6, 6.07) is 0. The summed E-state index contributed by atoms with van der Waals surface area (Å²) in [5.74, 6) is -0.334. The lowest BCUT2D eigenvalue weighted by Gasteiger charge is -2.06. The third-order valence-electron chi connectivity index (χ3n) is 4.20. The number of ether oxygens (including phenoxy) is 2. The first-order valence-corrected chi connectivity index (χ1v) is 10.1. The summed E-state index contributed by atoms with van der Waals surface area (Å²) >= 11 is 0. The largest absolute Gasteiger partial charge is 0.460 e. The smallest absolute Gasteiger partial charge is 0.333 e. The highest BCUT2D eigenvalue weighted by Crippen LogP contribution is 2.12. The molecule has 0 unspecified atom stereocenters. The predicted octanol–water partition coefficient (Wildman–Crippen LogP) is 6.21. The lowest BCUT2D eigenvalue weighted by atomic mass is 10.0. The fraction of sp³-hybridized carbons (Fsp3) is 0.857. The Labute approximate surface area is 150 Å². The number of carbonyl (C=O) groups excluding carboxylic acids is 1. The number of hydrogen-bond donors (Lipinski definition) is 0. The monoisotopic (exact) mass is 340 g/mol. The van der Waals surface area contributed by atoms with Crippen molar-refractivity contribution in [2.45, 2.75) is 97.3 Å². The van der Waals surface area contributed by atoms with Crippen LogP contribution in [0.1, 0.15) is 97.3 Å². The molecule has 24 heavy (non-hydrogen) atoms. The molecular weight excluding hydrogens is 300 g/mol. The minimum atomic E-state index is -0.334. The van der Waals surface area contributed by atoms with Crippen LogP contribution in [0.2, 0.25) is 0 Å². The third-order valence-corrected chi connectivity index (χ3v) is 4.20. The van der Waals surface area contributed by atoms with Crippen LogP contribution in [0.4, 0.5) is 0 Å². The topological polar surface area (TPSA) is 35.5 Å². The van der Waals surface area contributed by atoms with Gasteiger partial charge >= 0.3 is 5.97 Å². The van der Waals surface area contributed by atoms with Gasteiger partial charge in [0.2, 0.25) is 0 Å². The Bertz CT molecular complexity index is 299. The SMILES string of the molecule is C=C(C)C(=O)OCCOCCCCCCCCCCCCCCC. The van der Waals surface area contributed by atoms with E-state index in [1.807, 2.05) is 0 Å². The maximum atomic E-state index is 11.1. The van der Waals surface area contributed by atoms with E-state index >= 15 is 0 Å². The van der Waals surface area contributed by atoms with Crippen molar-refractivity contribution in [1.82, 2.24) is 0 Å². The van der Waals surface area contributed by atoms with Crippen LogP contribution in [0.3, 0.4) is 0 Å². The molecule has 0 aromatic rings. The Morgan fingerprint density at radius 2 is 1.17 bits per heavy atom. The molecule has 0 aromatic carbocycles. The molecule has 0 rings (SSSR count). The highest BCUT2D eigenvalue weighted by molar-refractivity contribution is 5.86. The number of unbranched alkanes of at least 4 members (excludes halogenated alkanes) is 12. The molecule has 0 saturated heterocycles. The van der Waals surface area contributed by atoms with Crippen molar-refractivity contribution in [3.8, 4) is 0 Å². The van der Waals surface area contributed by atoms with Crippen LogP contribution in [0.5, 0.6) is 0 Å². The van der Waals surface area contributed by atoms with Crippen LogP contribution in [0.15, 0.2) is 12.2 Å². The third kappa shape index (κ3) is 17.5. The summed E-state index contributed by atoms with van der Waals surface area (Å²) in [7, 11) is 0. The highest BCUT2D eigenvalue weighted by atomic mass is 16.6. The molecule has 0 amide bonds. The lowest BCUT2D eigenvalue weighted by molar-refractivity contribution is -0.140. The maximum Gasteiger partial charge on any atom is 0.333 e. The summed E-state index contributed by atoms with van der Waals surface area (Å²) in [5.41, 5.74) is 0.437. The average molecular weight is 341 g/mol. The molecule has 0 fully saturated rings. The van der Waals surface area contributed by atoms with E-state index in [4.69, 9.17) is 9.47 Å². The van der Waals surface area contributed by atoms with Crippen molar-refractivity contribution in [3.63, 3.8) is 0 Å². The van der Waals surface area contributed by atoms with Crippen molar-refractivity contribution < 1.29 is 14.3 Å². The van der Waals surface area contributed by atoms with E-state index in [1.165, 1.54) is 77.0 Å². The molecule has 0 aromatic heterocycles. The van der Waals surface area contributed by atoms with Crippen molar-refractivity contribution in [2.75, 3.05) is 19.8 Å². The summed E-state index contributed by atoms with van der Waals surface area (Å²) in [4.78, 5) is 11.1. The Hall–Kier alpha value is -0.830. The molecule has 0 heterocycles. The Kier molecular flexibility index (Phi) is 17.9. The molecular formula is C21H40O3. The van der Waals surface area contributed by atoms with E-state index in [0.717, 1.165) is 13.0 Å². The van der Waals surface area contributed by atoms with Crippen LogP contribution in [0, 0.1) is 0 Å². The van der Waals surface area contributed by atoms with Gasteiger partial charge in [0.1, 0.15) is 6.61 Å². The molecule has 3 nitrogen and oxygen atoms in total. The fourth-order valence-electron chi connectivity index (χ4n) is 2.64. The van der Waals surface area contributed by atoms with E-state index in [0.29, 0.717) is 18.8 Å². The lowest BCUT2D eigenvalue weighted by Crippen LogP contribution is -2.11. The van der Waals surface area contributed by atoms with Gasteiger partial charge in [0, 0.05) is 12.2 Å². The van der Waals surface area contributed by atoms with Gasteiger partial charge < -0.3 is 9.47 Å². The molecule has 3 heteroatoms. The zero-order chi connectivity index (χ0) is 17.9. The molecule has 0 bridgehead atoms. The van der Waals surface area contributed by atoms with E-state index in [-0.39, 0.29) is 5.97 Å². The molecule has 0 saturated carbocycles. The summed E-state index contributed by atoms with van der Waals surface area (Å²) in [6.07, 6.45) is 17.7. The van der Waals surface area contributed by atoms with E-state index in [1.54, 1.807) is 6.92 Å². The molecule has 0 atom stereocenters. The number of esters is 1. The molecule has 0 aliphatic heterocycles. The van der Waals surface area contributed by atoms with Gasteiger partial charge in [-0.1, -0.05) is 90.6 Å². The Morgan fingerprint density at radius 1 is 0.708 bits per heavy atom. The van der Waals surface area contributed by atoms with Gasteiger partial charge in [-0.25, -0.2) is 4.79 Å². The normalized spacial score (nSPS) is 10.8. The zero-order valence-corrected chi connectivity index (χ0v) is 16.2. The van der Waals surface area contributed by atoms with Crippen LogP contribution < -0.4 is 0 Å². The molecule has 0 spiro atoms. The second-order valence-corrected chi connectivity index (χ2v) is 6.77. The van der Waals surface area contributed by atoms with E-state index in [2.05, 4.69) is 13.5 Å². The molecule has 0 aliphatic carbocycles. The minimum Gasteiger partial charge on any atom is -0.460 e. The Balaban J connectivity index is 3.05. The predicted molar refractivity (Wildman–Crippen MR) is 102 cm³/mol. The first-order valence-electron chi connectivity index (χ1n) is 10.1. The van der Waals surface area contributed by atoms with Crippen molar-refractivity contribution in [3.05, 3.63) is 12.2 Å². The average Bonchev–Trinajstić information content (AvgIpc) is 2.57. The van der Waals surface area contributed by atoms with Gasteiger partial charge in [-0.05, 0) is 13.3 Å². The van der Waals surface area contributed by atoms with E-state index in [9.17, 15) is 4.79 Å². The van der Waals surface area contributed by atoms with Crippen molar-refractivity contribution >= 4 is 5.97 Å². The number of carbonyl (C=O) groups is 1. The van der Waals surface area contributed by atoms with Gasteiger partial charge in [-0.3, -0.25) is 0 Å². The summed E-state index contributed by atoms with van der Waals surface area (Å²) in [6.45, 7) is 9.03. The van der Waals surface area contributed by atoms with Gasteiger partial charge in [-0.15, -0.1) is 0 Å². The highest BCUT2D eigenvalue weighted by Gasteiger charge is 2.01. The molecule has 142 valence electrons. The molecule has 0 aliphatic rings. The zero-order valence-electron chi connectivity index (χ0n) is 16.2. The van der Waals surface area contributed by atoms with Crippen LogP contribution in [-0.4, -0.2) is 25.8 Å². The first kappa shape index (κ1) is 23.2. The van der Waals surface area contributed by atoms with Crippen molar-refractivity contribution in [1.29, 1.82) is 0 Å². The summed E-state index contributed by atoms with van der Waals surface area (Å²) in [5, 5.41) is 0. The summed E-state index contributed by atoms with van der Waals surface area (Å²) < 4.78 is 10.4. The fourth-order valence-corrected chi connectivity index (χ4v) is 2.64. The standard InChI is InChI=1S/C21H40O3/c1-4-5-6-7-8-9-10-11-12-13-14-15-16-17-23-18-19-24-21(22)20(2)3/h2,4-19H2,1,3H3. The van der Waals surface area contributed by atoms with Crippen LogP contribution in [0.25, 0.3) is 0 Å². The van der Waals surface area contributed by atoms with Crippen LogP contribution in [-0.2, 0) is 14.3 Å². The van der Waals surface area contributed by atoms with E-state index < -0.39 is 0 Å². The second-order valence-electron chi connectivity index (χ2n) is 6.77. The van der Waals surface area contributed by atoms with Crippen LogP contribution >= 0.6 is 0 Å². The maximum absolute atomic E-state index is 11.1. The van der Waals surface area contributed by atoms with Gasteiger partial charge in [0.05, 0.1) is 6.61 Å². The quantitative estimate of drug-likeness (QED) is 0.169. The second kappa shape index (κ2) is 18.5. The molecule has 0 radical (unpaired) electrons. The molecule has 0 N–H and O–H groups in total. The van der Waals surface area contributed by atoms with Gasteiger partial charge in [-0.2, -0.15) is 0 Å². The number of hydrogen-bond acceptors (Lipinski definition) is 3. The minimum absolute atomic E-state index is 0.324. The Morgan fingerprint density at radius 3 is 1.62 bits per heavy atom. The number of rotatable bonds is 18. The van der Waals surface area contributed by atoms with Gasteiger partial charge in [0.25, 0.3) is 0 Å².